The van der Waals surface area contributed by atoms with Crippen molar-refractivity contribution in [2.24, 2.45) is 0 Å². The number of hydrogen-bond acceptors (Lipinski definition) is 7. The Hall–Kier alpha value is -2.13. The molecule has 1 aliphatic heterocycles. The van der Waals surface area contributed by atoms with Gasteiger partial charge in [0, 0.05) is 63.6 Å². The van der Waals surface area contributed by atoms with Gasteiger partial charge in [-0.05, 0) is 39.0 Å². The number of pyridine rings is 2. The number of fused-ring (bicyclic) bond motifs is 1. The van der Waals surface area contributed by atoms with E-state index in [1.165, 1.54) is 0 Å². The quantitative estimate of drug-likeness (QED) is 0.668. The summed E-state index contributed by atoms with van der Waals surface area (Å²) in [5, 5.41) is 14.0. The van der Waals surface area contributed by atoms with Gasteiger partial charge in [0.1, 0.15) is 0 Å². The van der Waals surface area contributed by atoms with Crippen LogP contribution in [0.2, 0.25) is 0 Å². The highest BCUT2D eigenvalue weighted by Crippen LogP contribution is 2.14. The first kappa shape index (κ1) is 22.6. The first-order valence-corrected chi connectivity index (χ1v) is 10.6. The van der Waals surface area contributed by atoms with Crippen LogP contribution in [-0.4, -0.2) is 94.9 Å². The highest BCUT2D eigenvalue weighted by atomic mass is 16.5. The van der Waals surface area contributed by atoms with Crippen molar-refractivity contribution in [2.45, 2.75) is 32.5 Å². The number of ether oxygens (including phenoxy) is 1. The lowest BCUT2D eigenvalue weighted by molar-refractivity contribution is -0.0585. The van der Waals surface area contributed by atoms with Crippen molar-refractivity contribution >= 4 is 16.9 Å². The number of β-amino-alcohol motifs (C(OH)–C–C–N with tert-alkyl or cyclic N) is 1. The fraction of sp³-hybridized carbons (Fsp3) is 0.591. The highest BCUT2D eigenvalue weighted by Gasteiger charge is 2.21. The van der Waals surface area contributed by atoms with Gasteiger partial charge in [-0.25, -0.2) is 9.97 Å². The van der Waals surface area contributed by atoms with E-state index in [2.05, 4.69) is 25.1 Å². The Morgan fingerprint density at radius 2 is 1.87 bits per heavy atom. The molecule has 1 atom stereocenters. The first-order valence-electron chi connectivity index (χ1n) is 10.6. The molecule has 2 N–H and O–H groups in total. The normalized spacial score (nSPS) is 17.2. The number of nitrogens with one attached hydrogen (secondary N) is 1. The molecule has 164 valence electrons. The molecule has 30 heavy (non-hydrogen) atoms. The topological polar surface area (TPSA) is 90.8 Å². The van der Waals surface area contributed by atoms with E-state index in [1.54, 1.807) is 18.5 Å². The summed E-state index contributed by atoms with van der Waals surface area (Å²) in [6.45, 7) is 12.0. The molecule has 1 amide bonds. The summed E-state index contributed by atoms with van der Waals surface area (Å²) in [5.74, 6) is -0.101. The number of nitrogens with zero attached hydrogens (tertiary/aromatic N) is 4. The zero-order chi connectivity index (χ0) is 21.6. The van der Waals surface area contributed by atoms with Crippen LogP contribution in [-0.2, 0) is 4.74 Å². The van der Waals surface area contributed by atoms with E-state index in [1.807, 2.05) is 32.9 Å². The third-order valence-electron chi connectivity index (χ3n) is 5.12. The standard InChI is InChI=1S/C22H33N5O3/c1-22(2,3)30-16-17(28)15-27-13-11-26(12-14-27)10-9-25-21(29)19-6-8-24-20-18(19)5-4-7-23-20/h4-8,17,28H,9-16H2,1-3H3,(H,25,29)/t17-/m0/s1. The van der Waals surface area contributed by atoms with E-state index in [9.17, 15) is 9.90 Å². The van der Waals surface area contributed by atoms with Crippen LogP contribution in [0.15, 0.2) is 30.6 Å². The SMILES string of the molecule is CC(C)(C)OC[C@@H](O)CN1CCN(CCNC(=O)c2ccnc3ncccc23)CC1. The molecule has 0 spiro atoms. The monoisotopic (exact) mass is 415 g/mol. The number of piperazine rings is 1. The van der Waals surface area contributed by atoms with Gasteiger partial charge >= 0.3 is 0 Å². The molecule has 0 radical (unpaired) electrons. The Labute approximate surface area is 178 Å². The summed E-state index contributed by atoms with van der Waals surface area (Å²) in [6.07, 6.45) is 2.82. The minimum absolute atomic E-state index is 0.101. The maximum absolute atomic E-state index is 12.6. The molecule has 2 aromatic heterocycles. The first-order chi connectivity index (χ1) is 14.3. The summed E-state index contributed by atoms with van der Waals surface area (Å²) in [4.78, 5) is 25.6. The van der Waals surface area contributed by atoms with Crippen LogP contribution in [0.1, 0.15) is 31.1 Å². The third-order valence-corrected chi connectivity index (χ3v) is 5.12. The minimum Gasteiger partial charge on any atom is -0.389 e. The molecule has 0 bridgehead atoms. The molecule has 3 rings (SSSR count). The second-order valence-corrected chi connectivity index (χ2v) is 8.71. The van der Waals surface area contributed by atoms with Crippen molar-refractivity contribution in [1.82, 2.24) is 25.1 Å². The number of carbonyl (C=O) groups excluding carboxylic acids is 1. The van der Waals surface area contributed by atoms with Gasteiger partial charge in [0.25, 0.3) is 5.91 Å². The van der Waals surface area contributed by atoms with Crippen molar-refractivity contribution in [1.29, 1.82) is 0 Å². The largest absolute Gasteiger partial charge is 0.389 e. The van der Waals surface area contributed by atoms with Gasteiger partial charge < -0.3 is 15.2 Å². The van der Waals surface area contributed by atoms with Crippen LogP contribution in [0.3, 0.4) is 0 Å². The van der Waals surface area contributed by atoms with Gasteiger partial charge in [0.05, 0.1) is 23.9 Å². The highest BCUT2D eigenvalue weighted by molar-refractivity contribution is 6.05. The van der Waals surface area contributed by atoms with Crippen molar-refractivity contribution in [2.75, 3.05) is 52.4 Å². The van der Waals surface area contributed by atoms with E-state index < -0.39 is 6.10 Å². The average molecular weight is 416 g/mol. The number of aromatic nitrogens is 2. The predicted octanol–water partition coefficient (Wildman–Crippen LogP) is 1.15. The molecule has 0 aromatic carbocycles. The van der Waals surface area contributed by atoms with E-state index in [4.69, 9.17) is 4.74 Å². The molecule has 0 saturated carbocycles. The van der Waals surface area contributed by atoms with Gasteiger partial charge in [-0.2, -0.15) is 0 Å². The zero-order valence-corrected chi connectivity index (χ0v) is 18.2. The number of amides is 1. The molecule has 0 unspecified atom stereocenters. The fourth-order valence-electron chi connectivity index (χ4n) is 3.50. The maximum atomic E-state index is 12.6. The molecule has 2 aromatic rings. The lowest BCUT2D eigenvalue weighted by atomic mass is 10.1. The van der Waals surface area contributed by atoms with Crippen LogP contribution >= 0.6 is 0 Å². The zero-order valence-electron chi connectivity index (χ0n) is 18.2. The number of rotatable bonds is 8. The average Bonchev–Trinajstić information content (AvgIpc) is 2.72. The number of aliphatic hydroxyl groups excluding tert-OH is 1. The summed E-state index contributed by atoms with van der Waals surface area (Å²) >= 11 is 0. The molecule has 8 nitrogen and oxygen atoms in total. The van der Waals surface area contributed by atoms with Gasteiger partial charge in [-0.3, -0.25) is 14.6 Å². The molecule has 1 fully saturated rings. The fourth-order valence-corrected chi connectivity index (χ4v) is 3.50. The minimum atomic E-state index is -0.472. The Morgan fingerprint density at radius 1 is 1.17 bits per heavy atom. The molecular formula is C22H33N5O3. The smallest absolute Gasteiger partial charge is 0.252 e. The van der Waals surface area contributed by atoms with Gasteiger partial charge in [-0.15, -0.1) is 0 Å². The Bertz CT molecular complexity index is 826. The third kappa shape index (κ3) is 6.70. The number of hydrogen-bond donors (Lipinski definition) is 2. The van der Waals surface area contributed by atoms with Crippen LogP contribution in [0.25, 0.3) is 11.0 Å². The summed E-state index contributed by atoms with van der Waals surface area (Å²) in [6, 6.07) is 5.41. The summed E-state index contributed by atoms with van der Waals surface area (Å²) < 4.78 is 5.66. The molecule has 1 saturated heterocycles. The van der Waals surface area contributed by atoms with Crippen LogP contribution in [0.4, 0.5) is 0 Å². The van der Waals surface area contributed by atoms with Gasteiger partial charge in [-0.1, -0.05) is 0 Å². The van der Waals surface area contributed by atoms with Crippen molar-refractivity contribution in [3.8, 4) is 0 Å². The Kier molecular flexibility index (Phi) is 7.71. The molecular weight excluding hydrogens is 382 g/mol. The Balaban J connectivity index is 1.37. The predicted molar refractivity (Wildman–Crippen MR) is 116 cm³/mol. The van der Waals surface area contributed by atoms with E-state index in [0.717, 1.165) is 38.1 Å². The van der Waals surface area contributed by atoms with Crippen LogP contribution in [0, 0.1) is 0 Å². The molecule has 0 aliphatic carbocycles. The van der Waals surface area contributed by atoms with Gasteiger partial charge in [0.2, 0.25) is 0 Å². The molecule has 8 heteroatoms. The summed E-state index contributed by atoms with van der Waals surface area (Å²) in [7, 11) is 0. The maximum Gasteiger partial charge on any atom is 0.252 e. The van der Waals surface area contributed by atoms with Crippen LogP contribution in [0.5, 0.6) is 0 Å². The number of carbonyl (C=O) groups is 1. The Morgan fingerprint density at radius 3 is 2.60 bits per heavy atom. The van der Waals surface area contributed by atoms with Crippen LogP contribution < -0.4 is 5.32 Å². The van der Waals surface area contributed by atoms with Crippen molar-refractivity contribution in [3.63, 3.8) is 0 Å². The van der Waals surface area contributed by atoms with E-state index in [-0.39, 0.29) is 11.5 Å². The lowest BCUT2D eigenvalue weighted by Gasteiger charge is -2.35. The van der Waals surface area contributed by atoms with Crippen molar-refractivity contribution < 1.29 is 14.6 Å². The summed E-state index contributed by atoms with van der Waals surface area (Å²) in [5.41, 5.74) is 0.948. The second kappa shape index (κ2) is 10.3. The lowest BCUT2D eigenvalue weighted by Crippen LogP contribution is -2.50. The molecule has 1 aliphatic rings. The molecule has 3 heterocycles. The van der Waals surface area contributed by atoms with E-state index >= 15 is 0 Å². The number of aliphatic hydroxyl groups is 1. The van der Waals surface area contributed by atoms with E-state index in [0.29, 0.717) is 30.9 Å². The van der Waals surface area contributed by atoms with Gasteiger partial charge in [0.15, 0.2) is 5.65 Å². The van der Waals surface area contributed by atoms with Crippen molar-refractivity contribution in [3.05, 3.63) is 36.2 Å². The second-order valence-electron chi connectivity index (χ2n) is 8.71.